The summed E-state index contributed by atoms with van der Waals surface area (Å²) in [5, 5.41) is 50.1. The topological polar surface area (TPSA) is 324 Å². The SMILES string of the molecule is C.C.C.F.O=C(O)c1ccc(C(=O)O)o1.O=C(O)c1ccc(CO)o1.O=Cc1ccc(C(=O)O)o1.O=Cc1ccc(C=O)o1.O=Cc1ccc(CO)o1.[2H]F. The molecule has 0 fully saturated rings. The highest BCUT2D eigenvalue weighted by Gasteiger charge is 2.13. The van der Waals surface area contributed by atoms with E-state index < -0.39 is 23.9 Å². The molecule has 0 bridgehead atoms. The Morgan fingerprint density at radius 1 is 0.444 bits per heavy atom. The van der Waals surface area contributed by atoms with Gasteiger partial charge in [0.2, 0.25) is 23.0 Å². The minimum absolute atomic E-state index is 0. The smallest absolute Gasteiger partial charge is 0.371 e. The number of hydrogen-bond acceptors (Lipinski definition) is 15. The van der Waals surface area contributed by atoms with Crippen molar-refractivity contribution in [3.05, 3.63) is 118 Å². The van der Waals surface area contributed by atoms with Crippen LogP contribution >= 0.6 is 0 Å². The zero-order valence-electron chi connectivity index (χ0n) is 26.3. The molecule has 0 saturated heterocycles. The highest BCUT2D eigenvalue weighted by molar-refractivity contribution is 5.89. The fourth-order valence-electron chi connectivity index (χ4n) is 2.71. The van der Waals surface area contributed by atoms with Crippen LogP contribution in [0.2, 0.25) is 0 Å². The molecule has 21 heteroatoms. The zero-order chi connectivity index (χ0) is 38.9. The maximum Gasteiger partial charge on any atom is 0.371 e. The third-order valence-electron chi connectivity index (χ3n) is 4.84. The largest absolute Gasteiger partial charge is 0.475 e. The first-order chi connectivity index (χ1) is 24.3. The number of furan rings is 5. The monoisotopic (exact) mass is 777 g/mol. The lowest BCUT2D eigenvalue weighted by atomic mass is 10.4. The summed E-state index contributed by atoms with van der Waals surface area (Å²) in [6.45, 7) is -0.429. The van der Waals surface area contributed by atoms with Crippen molar-refractivity contribution in [2.45, 2.75) is 35.5 Å². The minimum atomic E-state index is -1.28. The van der Waals surface area contributed by atoms with E-state index in [1.54, 1.807) is 6.07 Å². The van der Waals surface area contributed by atoms with Gasteiger partial charge < -0.3 is 52.7 Å². The van der Waals surface area contributed by atoms with Crippen molar-refractivity contribution in [3.63, 3.8) is 0 Å². The lowest BCUT2D eigenvalue weighted by molar-refractivity contribution is 0.0622. The van der Waals surface area contributed by atoms with Crippen molar-refractivity contribution >= 4 is 49.0 Å². The molecule has 0 atom stereocenters. The normalized spacial score (nSPS) is 8.61. The second-order valence-corrected chi connectivity index (χ2v) is 8.18. The number of aliphatic hydroxyl groups is 2. The van der Waals surface area contributed by atoms with Crippen LogP contribution in [-0.2, 0) is 13.2 Å². The maximum absolute atomic E-state index is 10.2. The third-order valence-corrected chi connectivity index (χ3v) is 4.84. The Hall–Kier alpha value is -7.26. The molecule has 298 valence electrons. The molecule has 6 N–H and O–H groups in total. The molecule has 5 aromatic heterocycles. The highest BCUT2D eigenvalue weighted by atomic mass is 19.0. The number of aliphatic hydroxyl groups excluding tert-OH is 2. The van der Waals surface area contributed by atoms with Gasteiger partial charge in [-0.3, -0.25) is 28.6 Å². The summed E-state index contributed by atoms with van der Waals surface area (Å²) in [5.41, 5.74) is 0. The molecule has 0 aliphatic rings. The van der Waals surface area contributed by atoms with E-state index in [0.717, 1.165) is 12.1 Å². The summed E-state index contributed by atoms with van der Waals surface area (Å²) in [7, 11) is 0. The number of aldehydes is 4. The van der Waals surface area contributed by atoms with Gasteiger partial charge in [0.25, 0.3) is 1.45 Å². The summed E-state index contributed by atoms with van der Waals surface area (Å²) in [5.74, 6) is -4.67. The molecule has 0 aliphatic heterocycles. The van der Waals surface area contributed by atoms with E-state index in [0.29, 0.717) is 30.9 Å². The van der Waals surface area contributed by atoms with Crippen LogP contribution in [0.5, 0.6) is 0 Å². The molecule has 0 radical (unpaired) electrons. The molecule has 0 amide bonds. The second-order valence-electron chi connectivity index (χ2n) is 8.18. The van der Waals surface area contributed by atoms with Crippen molar-refractivity contribution in [1.29, 1.82) is 1.45 Å². The predicted molar refractivity (Wildman–Crippen MR) is 180 cm³/mol. The van der Waals surface area contributed by atoms with Crippen LogP contribution in [0.15, 0.2) is 82.7 Å². The third kappa shape index (κ3) is 19.8. The van der Waals surface area contributed by atoms with E-state index in [1.165, 1.54) is 42.5 Å². The Kier molecular flexibility index (Phi) is 29.2. The van der Waals surface area contributed by atoms with Crippen molar-refractivity contribution in [3.8, 4) is 0 Å². The predicted octanol–water partition coefficient (Wildman–Crippen LogP) is 5.64. The van der Waals surface area contributed by atoms with Gasteiger partial charge in [0.15, 0.2) is 48.2 Å². The minimum Gasteiger partial charge on any atom is -0.475 e. The molecule has 54 heavy (non-hydrogen) atoms. The molecule has 0 aliphatic carbocycles. The van der Waals surface area contributed by atoms with Crippen LogP contribution in [-0.4, -0.2) is 81.1 Å². The Bertz CT molecular complexity index is 1810. The maximum atomic E-state index is 10.2. The molecule has 5 rings (SSSR count). The number of carboxylic acids is 4. The number of rotatable bonds is 10. The number of halogens is 2. The van der Waals surface area contributed by atoms with Gasteiger partial charge in [-0.1, -0.05) is 22.3 Å². The fraction of sp³-hybridized carbons (Fsp3) is 0.152. The van der Waals surface area contributed by atoms with Gasteiger partial charge in [-0.25, -0.2) is 19.2 Å². The van der Waals surface area contributed by atoms with E-state index in [4.69, 9.17) is 39.8 Å². The summed E-state index contributed by atoms with van der Waals surface area (Å²) < 4.78 is 36.0. The van der Waals surface area contributed by atoms with E-state index in [1.807, 2.05) is 0 Å². The molecule has 0 aromatic carbocycles. The van der Waals surface area contributed by atoms with E-state index in [-0.39, 0.29) is 92.0 Å². The summed E-state index contributed by atoms with van der Waals surface area (Å²) in [6.07, 6.45) is 2.14. The average molecular weight is 778 g/mol. The van der Waals surface area contributed by atoms with Crippen molar-refractivity contribution in [2.24, 2.45) is 0 Å². The lowest BCUT2D eigenvalue weighted by Crippen LogP contribution is -1.94. The molecular weight excluding hydrogens is 738 g/mol. The lowest BCUT2D eigenvalue weighted by Gasteiger charge is -1.85. The standard InChI is InChI=1S/C6H4O5.C6H6O4.C6H4O4.C6H6O3.C6H4O3.3CH4.2FH/c7-5(8)3-1-2-4(11-3)6(9)10;2*7-3-4-1-2-5(10-4)6(8)9;2*7-3-5-1-2-6(4-8)9-5;;;;;/h1-2H,(H,7,8)(H,9,10);1-2,7H,3H2,(H,8,9);1-3H,(H,8,9);1-3,8H,4H2;1-4H;3*1H4;2*1H/i/hD. The number of carbonyl (C=O) groups is 8. The second kappa shape index (κ2) is 29.5. The van der Waals surface area contributed by atoms with Crippen LogP contribution in [0.25, 0.3) is 0 Å². The summed E-state index contributed by atoms with van der Waals surface area (Å²) in [4.78, 5) is 80.3. The van der Waals surface area contributed by atoms with Gasteiger partial charge in [-0.05, 0) is 60.7 Å². The van der Waals surface area contributed by atoms with Crippen molar-refractivity contribution in [2.75, 3.05) is 0 Å². The van der Waals surface area contributed by atoms with Gasteiger partial charge in [-0.2, -0.15) is 0 Å². The molecular formula is C33H38F2O19. The quantitative estimate of drug-likeness (QED) is 0.0934. The molecule has 5 aromatic rings. The number of carboxylic acid groups (broad SMARTS) is 4. The van der Waals surface area contributed by atoms with Gasteiger partial charge in [0, 0.05) is 0 Å². The molecule has 0 unspecified atom stereocenters. The van der Waals surface area contributed by atoms with E-state index in [2.05, 4.69) is 19.1 Å². The number of carbonyl (C=O) groups excluding carboxylic acids is 4. The zero-order valence-corrected chi connectivity index (χ0v) is 25.3. The Morgan fingerprint density at radius 2 is 0.704 bits per heavy atom. The Balaban J connectivity index is -0.000000184. The first-order valence-electron chi connectivity index (χ1n) is 13.1. The highest BCUT2D eigenvalue weighted by Crippen LogP contribution is 2.08. The summed E-state index contributed by atoms with van der Waals surface area (Å²) in [6, 6.07) is 13.4. The van der Waals surface area contributed by atoms with E-state index >= 15 is 0 Å². The van der Waals surface area contributed by atoms with Crippen molar-refractivity contribution in [1.82, 2.24) is 0 Å². The van der Waals surface area contributed by atoms with Crippen LogP contribution < -0.4 is 0 Å². The van der Waals surface area contributed by atoms with Crippen LogP contribution in [0.4, 0.5) is 9.42 Å². The Labute approximate surface area is 304 Å². The van der Waals surface area contributed by atoms with Crippen molar-refractivity contribution < 1.29 is 101 Å². The van der Waals surface area contributed by atoms with Gasteiger partial charge in [-0.15, -0.1) is 0 Å². The van der Waals surface area contributed by atoms with E-state index in [9.17, 15) is 38.4 Å². The number of hydrogen-bond donors (Lipinski definition) is 6. The van der Waals surface area contributed by atoms with Crippen LogP contribution in [0.3, 0.4) is 0 Å². The molecule has 0 saturated carbocycles. The first kappa shape index (κ1) is 53.5. The first-order valence-corrected chi connectivity index (χ1v) is 12.7. The van der Waals surface area contributed by atoms with Crippen LogP contribution in [0.1, 0.15) is 118 Å². The van der Waals surface area contributed by atoms with Gasteiger partial charge in [0.05, 0.1) is 0 Å². The summed E-state index contributed by atoms with van der Waals surface area (Å²) >= 11 is 0. The fourth-order valence-corrected chi connectivity index (χ4v) is 2.71. The molecule has 0 spiro atoms. The van der Waals surface area contributed by atoms with Crippen LogP contribution in [0, 0.1) is 0 Å². The van der Waals surface area contributed by atoms with Gasteiger partial charge >= 0.3 is 23.9 Å². The average Bonchev–Trinajstić information content (AvgIpc) is 3.99. The molecule has 19 nitrogen and oxygen atoms in total. The Morgan fingerprint density at radius 3 is 0.944 bits per heavy atom. The van der Waals surface area contributed by atoms with Gasteiger partial charge in [0.1, 0.15) is 24.7 Å². The number of aromatic carboxylic acids is 4. The molecule has 5 heterocycles.